The zero-order chi connectivity index (χ0) is 30.8. The summed E-state index contributed by atoms with van der Waals surface area (Å²) in [5, 5.41) is 9.53. The van der Waals surface area contributed by atoms with Crippen LogP contribution in [0, 0.1) is 0 Å². The predicted octanol–water partition coefficient (Wildman–Crippen LogP) is 7.08. The first-order valence-electron chi connectivity index (χ1n) is 12.3. The first-order chi connectivity index (χ1) is 17.4. The molecule has 0 saturated heterocycles. The number of ether oxygens (including phenoxy) is 4. The van der Waals surface area contributed by atoms with Crippen molar-refractivity contribution in [3.8, 4) is 0 Å². The lowest BCUT2D eigenvalue weighted by Crippen LogP contribution is -2.43. The number of hydroxylamine groups is 4. The van der Waals surface area contributed by atoms with Crippen molar-refractivity contribution >= 4 is 24.4 Å². The molecule has 0 aliphatic heterocycles. The Kier molecular flexibility index (Phi) is 12.9. The molecular formula is C27H46N2O10. The first-order valence-corrected chi connectivity index (χ1v) is 12.3. The summed E-state index contributed by atoms with van der Waals surface area (Å²) in [4.78, 5) is 52.2. The molecule has 224 valence electrons. The second-order valence-corrected chi connectivity index (χ2v) is 12.3. The molecule has 0 heterocycles. The largest absolute Gasteiger partial charge is 0.444 e. The van der Waals surface area contributed by atoms with Crippen LogP contribution in [0.2, 0.25) is 0 Å². The predicted molar refractivity (Wildman–Crippen MR) is 144 cm³/mol. The lowest BCUT2D eigenvalue weighted by Gasteiger charge is -2.27. The van der Waals surface area contributed by atoms with Crippen molar-refractivity contribution in [3.63, 3.8) is 0 Å². The van der Waals surface area contributed by atoms with Crippen LogP contribution in [0.1, 0.15) is 90.1 Å². The lowest BCUT2D eigenvalue weighted by molar-refractivity contribution is -0.146. The molecule has 0 aliphatic carbocycles. The average Bonchev–Trinajstić information content (AvgIpc) is 2.69. The highest BCUT2D eigenvalue weighted by molar-refractivity contribution is 5.87. The van der Waals surface area contributed by atoms with E-state index in [-0.39, 0.29) is 13.1 Å². The molecule has 0 radical (unpaired) electrons. The SMILES string of the molecule is CC(C)(C)OC(=O)N(O)C(=O)OC(C)(C)C.CC(C)(C)OC(=O)N(OCc1ccccc1)C(=O)OC(C)(C)C.[HH]. The number of benzene rings is 1. The highest BCUT2D eigenvalue weighted by atomic mass is 16.8. The van der Waals surface area contributed by atoms with E-state index in [9.17, 15) is 24.4 Å². The summed E-state index contributed by atoms with van der Waals surface area (Å²) in [6.45, 7) is 20.0. The Bertz CT molecular complexity index is 903. The zero-order valence-corrected chi connectivity index (χ0v) is 25.1. The number of rotatable bonds is 3. The van der Waals surface area contributed by atoms with Gasteiger partial charge in [-0.25, -0.2) is 19.2 Å². The highest BCUT2D eigenvalue weighted by Crippen LogP contribution is 2.16. The fourth-order valence-electron chi connectivity index (χ4n) is 2.18. The molecule has 0 aliphatic rings. The van der Waals surface area contributed by atoms with E-state index in [4.69, 9.17) is 23.8 Å². The van der Waals surface area contributed by atoms with Gasteiger partial charge in [0.05, 0.1) is 0 Å². The quantitative estimate of drug-likeness (QED) is 0.232. The zero-order valence-electron chi connectivity index (χ0n) is 25.1. The smallest absolute Gasteiger partial charge is 0.442 e. The molecule has 1 N–H and O–H groups in total. The molecule has 0 fully saturated rings. The van der Waals surface area contributed by atoms with E-state index in [1.165, 1.54) is 0 Å². The van der Waals surface area contributed by atoms with Gasteiger partial charge in [0.2, 0.25) is 0 Å². The minimum Gasteiger partial charge on any atom is -0.442 e. The maximum atomic E-state index is 12.2. The van der Waals surface area contributed by atoms with Gasteiger partial charge in [0.15, 0.2) is 0 Å². The van der Waals surface area contributed by atoms with Crippen LogP contribution >= 0.6 is 0 Å². The maximum absolute atomic E-state index is 12.2. The Balaban J connectivity index is 0. The van der Waals surface area contributed by atoms with Gasteiger partial charge >= 0.3 is 24.4 Å². The van der Waals surface area contributed by atoms with Crippen LogP contribution in [-0.2, 0) is 30.4 Å². The summed E-state index contributed by atoms with van der Waals surface area (Å²) < 4.78 is 19.9. The van der Waals surface area contributed by atoms with Crippen molar-refractivity contribution in [2.75, 3.05) is 0 Å². The van der Waals surface area contributed by atoms with Crippen LogP contribution in [0.25, 0.3) is 0 Å². The molecule has 0 atom stereocenters. The minimum absolute atomic E-state index is 0. The normalized spacial score (nSPS) is 11.8. The number of carbonyl (C=O) groups is 4. The van der Waals surface area contributed by atoms with Gasteiger partial charge in [-0.05, 0) is 88.6 Å². The van der Waals surface area contributed by atoms with E-state index in [0.29, 0.717) is 5.06 Å². The van der Waals surface area contributed by atoms with Gasteiger partial charge in [0.1, 0.15) is 29.0 Å². The third kappa shape index (κ3) is 17.7. The van der Waals surface area contributed by atoms with E-state index in [1.54, 1.807) is 83.1 Å². The minimum atomic E-state index is -1.17. The second-order valence-electron chi connectivity index (χ2n) is 12.3. The van der Waals surface area contributed by atoms with Crippen LogP contribution in [0.15, 0.2) is 30.3 Å². The third-order valence-electron chi connectivity index (χ3n) is 3.45. The van der Waals surface area contributed by atoms with Crippen molar-refractivity contribution in [2.45, 2.75) is 112 Å². The van der Waals surface area contributed by atoms with Crippen LogP contribution in [-0.4, -0.2) is 62.1 Å². The average molecular weight is 559 g/mol. The van der Waals surface area contributed by atoms with Crippen LogP contribution in [0.4, 0.5) is 19.2 Å². The van der Waals surface area contributed by atoms with Gasteiger partial charge in [-0.1, -0.05) is 40.5 Å². The monoisotopic (exact) mass is 558 g/mol. The maximum Gasteiger partial charge on any atom is 0.444 e. The van der Waals surface area contributed by atoms with Crippen molar-refractivity contribution in [1.29, 1.82) is 0 Å². The van der Waals surface area contributed by atoms with Gasteiger partial charge in [0, 0.05) is 1.43 Å². The number of hydrogen-bond acceptors (Lipinski definition) is 10. The number of carbonyl (C=O) groups excluding carboxylic acids is 4. The summed E-state index contributed by atoms with van der Waals surface area (Å²) >= 11 is 0. The number of nitrogens with zero attached hydrogens (tertiary/aromatic N) is 2. The van der Waals surface area contributed by atoms with E-state index >= 15 is 0 Å². The number of imide groups is 2. The van der Waals surface area contributed by atoms with Crippen molar-refractivity contribution in [3.05, 3.63) is 35.9 Å². The molecule has 12 heteroatoms. The molecule has 0 aromatic heterocycles. The standard InChI is InChI=1S/C17H25NO5.C10H19NO5.H2/c1-16(2,3)22-14(19)18(15(20)23-17(4,5)6)21-12-13-10-8-7-9-11-13;1-9(2,3)15-7(12)11(14)8(13)16-10(4,5)6;/h7-11H,12H2,1-6H3;14H,1-6H3;1H. The molecule has 0 spiro atoms. The lowest BCUT2D eigenvalue weighted by atomic mass is 10.2. The summed E-state index contributed by atoms with van der Waals surface area (Å²) in [5.74, 6) is 0. The van der Waals surface area contributed by atoms with Crippen molar-refractivity contribution in [2.24, 2.45) is 0 Å². The molecule has 12 nitrogen and oxygen atoms in total. The first kappa shape index (κ1) is 35.6. The van der Waals surface area contributed by atoms with Gasteiger partial charge in [0.25, 0.3) is 0 Å². The Labute approximate surface area is 232 Å². The number of amides is 4. The topological polar surface area (TPSA) is 141 Å². The Morgan fingerprint density at radius 2 is 0.923 bits per heavy atom. The molecule has 1 aromatic rings. The highest BCUT2D eigenvalue weighted by Gasteiger charge is 2.33. The van der Waals surface area contributed by atoms with E-state index < -0.39 is 46.8 Å². The molecule has 0 saturated carbocycles. The molecule has 1 rings (SSSR count). The van der Waals surface area contributed by atoms with Gasteiger partial charge in [-0.2, -0.15) is 0 Å². The third-order valence-corrected chi connectivity index (χ3v) is 3.45. The number of hydrogen-bond donors (Lipinski definition) is 1. The van der Waals surface area contributed by atoms with Gasteiger partial charge in [-0.3, -0.25) is 10.0 Å². The molecule has 0 bridgehead atoms. The fraction of sp³-hybridized carbons (Fsp3) is 0.630. The molecule has 39 heavy (non-hydrogen) atoms. The van der Waals surface area contributed by atoms with Gasteiger partial charge < -0.3 is 18.9 Å². The van der Waals surface area contributed by atoms with E-state index in [1.807, 2.05) is 30.3 Å². The van der Waals surface area contributed by atoms with Crippen LogP contribution < -0.4 is 0 Å². The Morgan fingerprint density at radius 1 is 0.615 bits per heavy atom. The summed E-state index contributed by atoms with van der Waals surface area (Å²) in [6, 6.07) is 9.18. The summed E-state index contributed by atoms with van der Waals surface area (Å²) in [5.41, 5.74) is -2.29. The van der Waals surface area contributed by atoms with Crippen molar-refractivity contribution in [1.82, 2.24) is 10.1 Å². The van der Waals surface area contributed by atoms with Crippen LogP contribution in [0.3, 0.4) is 0 Å². The molecule has 1 aromatic carbocycles. The molecule has 0 unspecified atom stereocenters. The Morgan fingerprint density at radius 3 is 1.23 bits per heavy atom. The Hall–Kier alpha value is -3.38. The second kappa shape index (κ2) is 14.1. The summed E-state index contributed by atoms with van der Waals surface area (Å²) in [7, 11) is 0. The van der Waals surface area contributed by atoms with Gasteiger partial charge in [-0.15, -0.1) is 0 Å². The molecule has 4 amide bonds. The molecular weight excluding hydrogens is 512 g/mol. The fourth-order valence-corrected chi connectivity index (χ4v) is 2.18. The summed E-state index contributed by atoms with van der Waals surface area (Å²) in [6.07, 6.45) is -4.16. The van der Waals surface area contributed by atoms with Crippen LogP contribution in [0.5, 0.6) is 0 Å². The van der Waals surface area contributed by atoms with Crippen molar-refractivity contribution < 1.29 is 49.6 Å². The van der Waals surface area contributed by atoms with E-state index in [2.05, 4.69) is 0 Å². The van der Waals surface area contributed by atoms with E-state index in [0.717, 1.165) is 5.56 Å².